The first-order chi connectivity index (χ1) is 27.8. The Kier molecular flexibility index (Phi) is 7.60. The van der Waals surface area contributed by atoms with Crippen molar-refractivity contribution < 1.29 is 8.97 Å². The van der Waals surface area contributed by atoms with Gasteiger partial charge in [-0.2, -0.15) is 8.97 Å². The summed E-state index contributed by atoms with van der Waals surface area (Å²) < 4.78 is 5.11. The topological polar surface area (TPSA) is 20.9 Å². The fraction of sp³-hybridized carbons (Fsp3) is 0.167. The van der Waals surface area contributed by atoms with E-state index in [1.54, 1.807) is 0 Å². The Morgan fingerprint density at radius 2 is 1.35 bits per heavy atom. The summed E-state index contributed by atoms with van der Waals surface area (Å²) in [5, 5.41) is 5.06. The SMILES string of the molecule is Cc1cc[n+]2c(c1)-c1ccccc1C1Cc3c([n+]4ccc(C(C)(C)C)cc4c4cc(-c5ccc(-c6cccc(-c7ccccc7)c6)c6cnccc56)ccc34)CC12. The van der Waals surface area contributed by atoms with Gasteiger partial charge in [0, 0.05) is 53.2 Å². The summed E-state index contributed by atoms with van der Waals surface area (Å²) in [4.78, 5) is 4.65. The highest BCUT2D eigenvalue weighted by molar-refractivity contribution is 6.07. The molecular formula is C54H45N3+2. The maximum absolute atomic E-state index is 4.65. The highest BCUT2D eigenvalue weighted by Crippen LogP contribution is 2.47. The highest BCUT2D eigenvalue weighted by Gasteiger charge is 2.46. The van der Waals surface area contributed by atoms with Crippen molar-refractivity contribution in [2.45, 2.75) is 57.9 Å². The second-order valence-electron chi connectivity index (χ2n) is 17.3. The molecule has 1 aliphatic carbocycles. The number of rotatable bonds is 3. The molecule has 5 aromatic carbocycles. The first-order valence-corrected chi connectivity index (χ1v) is 20.4. The normalized spacial score (nSPS) is 15.9. The van der Waals surface area contributed by atoms with Crippen molar-refractivity contribution in [2.75, 3.05) is 0 Å². The van der Waals surface area contributed by atoms with Crippen LogP contribution in [-0.4, -0.2) is 4.98 Å². The molecule has 2 unspecified atom stereocenters. The molecule has 0 N–H and O–H groups in total. The Morgan fingerprint density at radius 1 is 0.579 bits per heavy atom. The molecule has 0 fully saturated rings. The lowest BCUT2D eigenvalue weighted by Crippen LogP contribution is -2.52. The number of fused-ring (bicyclic) bond motifs is 13. The van der Waals surface area contributed by atoms with E-state index in [0.29, 0.717) is 12.0 Å². The fourth-order valence-corrected chi connectivity index (χ4v) is 10.0. The summed E-state index contributed by atoms with van der Waals surface area (Å²) in [5.74, 6) is 0.396. The second kappa shape index (κ2) is 12.8. The molecule has 2 aliphatic rings. The van der Waals surface area contributed by atoms with Crippen LogP contribution in [0.3, 0.4) is 0 Å². The zero-order valence-electron chi connectivity index (χ0n) is 33.0. The highest BCUT2D eigenvalue weighted by atomic mass is 15.0. The minimum absolute atomic E-state index is 0.0241. The molecule has 0 amide bonds. The van der Waals surface area contributed by atoms with Gasteiger partial charge in [-0.1, -0.05) is 112 Å². The van der Waals surface area contributed by atoms with Gasteiger partial charge in [-0.25, -0.2) is 0 Å². The third-order valence-electron chi connectivity index (χ3n) is 12.9. The number of aryl methyl sites for hydroxylation is 1. The van der Waals surface area contributed by atoms with Gasteiger partial charge in [-0.05, 0) is 104 Å². The van der Waals surface area contributed by atoms with Gasteiger partial charge in [0.15, 0.2) is 24.1 Å². The summed E-state index contributed by atoms with van der Waals surface area (Å²) in [7, 11) is 0. The van der Waals surface area contributed by atoms with Crippen LogP contribution in [0.15, 0.2) is 164 Å². The van der Waals surface area contributed by atoms with E-state index >= 15 is 0 Å². The van der Waals surface area contributed by atoms with Crippen molar-refractivity contribution in [3.8, 4) is 44.6 Å². The molecule has 0 radical (unpaired) electrons. The molecule has 2 atom stereocenters. The van der Waals surface area contributed by atoms with E-state index in [2.05, 4.69) is 194 Å². The first kappa shape index (κ1) is 33.9. The van der Waals surface area contributed by atoms with Gasteiger partial charge in [0.1, 0.15) is 0 Å². The summed E-state index contributed by atoms with van der Waals surface area (Å²) in [5.41, 5.74) is 18.3. The van der Waals surface area contributed by atoms with Crippen molar-refractivity contribution in [3.05, 3.63) is 192 Å². The summed E-state index contributed by atoms with van der Waals surface area (Å²) in [6.07, 6.45) is 10.7. The summed E-state index contributed by atoms with van der Waals surface area (Å²) in [6.45, 7) is 9.17. The van der Waals surface area contributed by atoms with Crippen molar-refractivity contribution >= 4 is 27.1 Å². The van der Waals surface area contributed by atoms with Crippen molar-refractivity contribution in [1.29, 1.82) is 0 Å². The van der Waals surface area contributed by atoms with Crippen LogP contribution in [-0.2, 0) is 18.3 Å². The monoisotopic (exact) mass is 735 g/mol. The van der Waals surface area contributed by atoms with Gasteiger partial charge in [0.25, 0.3) is 0 Å². The van der Waals surface area contributed by atoms with E-state index in [0.717, 1.165) is 18.2 Å². The number of hydrogen-bond acceptors (Lipinski definition) is 1. The van der Waals surface area contributed by atoms with Gasteiger partial charge in [0.2, 0.25) is 11.2 Å². The molecular weight excluding hydrogens is 691 g/mol. The molecule has 0 spiro atoms. The minimum atomic E-state index is 0.0241. The predicted octanol–water partition coefficient (Wildman–Crippen LogP) is 12.1. The first-order valence-electron chi connectivity index (χ1n) is 20.4. The molecule has 3 heteroatoms. The second-order valence-corrected chi connectivity index (χ2v) is 17.3. The molecule has 57 heavy (non-hydrogen) atoms. The Morgan fingerprint density at radius 3 is 2.21 bits per heavy atom. The van der Waals surface area contributed by atoms with E-state index in [1.807, 2.05) is 12.4 Å². The van der Waals surface area contributed by atoms with Gasteiger partial charge in [-0.3, -0.25) is 4.98 Å². The molecule has 0 bridgehead atoms. The number of benzene rings is 5. The van der Waals surface area contributed by atoms with Crippen LogP contribution in [0.2, 0.25) is 0 Å². The van der Waals surface area contributed by atoms with Crippen molar-refractivity contribution in [1.82, 2.24) is 4.98 Å². The molecule has 274 valence electrons. The minimum Gasteiger partial charge on any atom is -0.264 e. The lowest BCUT2D eigenvalue weighted by atomic mass is 9.72. The number of nitrogens with zero attached hydrogens (tertiary/aromatic N) is 3. The van der Waals surface area contributed by atoms with Gasteiger partial charge >= 0.3 is 0 Å². The third-order valence-corrected chi connectivity index (χ3v) is 12.9. The van der Waals surface area contributed by atoms with E-state index < -0.39 is 0 Å². The Bertz CT molecular complexity index is 3080. The van der Waals surface area contributed by atoms with Crippen LogP contribution in [0.25, 0.3) is 71.7 Å². The Labute approximate surface area is 334 Å². The summed E-state index contributed by atoms with van der Waals surface area (Å²) >= 11 is 0. The molecule has 0 saturated carbocycles. The Balaban J connectivity index is 1.10. The van der Waals surface area contributed by atoms with Crippen LogP contribution < -0.4 is 8.97 Å². The smallest absolute Gasteiger partial charge is 0.219 e. The number of hydrogen-bond donors (Lipinski definition) is 0. The predicted molar refractivity (Wildman–Crippen MR) is 233 cm³/mol. The molecule has 11 rings (SSSR count). The van der Waals surface area contributed by atoms with Crippen molar-refractivity contribution in [3.63, 3.8) is 0 Å². The number of aromatic nitrogens is 3. The largest absolute Gasteiger partial charge is 0.264 e. The van der Waals surface area contributed by atoms with Crippen LogP contribution in [0.5, 0.6) is 0 Å². The van der Waals surface area contributed by atoms with E-state index in [-0.39, 0.29) is 5.41 Å². The average Bonchev–Trinajstić information content (AvgIpc) is 3.25. The lowest BCUT2D eigenvalue weighted by molar-refractivity contribution is -0.721. The fourth-order valence-electron chi connectivity index (χ4n) is 10.0. The molecule has 3 nitrogen and oxygen atoms in total. The molecule has 4 aromatic heterocycles. The Hall–Kier alpha value is -6.45. The third kappa shape index (κ3) is 5.44. The van der Waals surface area contributed by atoms with Crippen LogP contribution in [0, 0.1) is 6.92 Å². The van der Waals surface area contributed by atoms with Gasteiger partial charge in [0.05, 0.1) is 17.7 Å². The average molecular weight is 736 g/mol. The van der Waals surface area contributed by atoms with Crippen LogP contribution in [0.4, 0.5) is 0 Å². The maximum atomic E-state index is 4.65. The van der Waals surface area contributed by atoms with Gasteiger partial charge in [-0.15, -0.1) is 0 Å². The molecule has 9 aromatic rings. The van der Waals surface area contributed by atoms with Gasteiger partial charge < -0.3 is 0 Å². The zero-order chi connectivity index (χ0) is 38.4. The zero-order valence-corrected chi connectivity index (χ0v) is 33.0. The molecule has 1 aliphatic heterocycles. The number of pyridine rings is 4. The van der Waals surface area contributed by atoms with E-state index in [9.17, 15) is 0 Å². The standard InChI is InChI=1S/C54H45N3/c1-34-22-25-56-50(27-34)45-16-9-8-15-42(45)47-31-48-43-18-17-38(29-46(43)51-30-39(54(2,3)4)23-26-57(51)53(48)32-52(47)56)40-19-20-41(49-33-55-24-21-44(40)49)37-14-10-13-36(28-37)35-11-6-5-7-12-35/h5-30,33,47,52H,31-32H2,1-4H3/q+2. The quantitative estimate of drug-likeness (QED) is 0.131. The van der Waals surface area contributed by atoms with Crippen molar-refractivity contribution in [2.24, 2.45) is 0 Å². The van der Waals surface area contributed by atoms with Crippen LogP contribution in [0.1, 0.15) is 60.7 Å². The van der Waals surface area contributed by atoms with E-state index in [4.69, 9.17) is 0 Å². The summed E-state index contributed by atoms with van der Waals surface area (Å²) in [6, 6.07) is 52.5. The molecule has 5 heterocycles. The molecule has 0 saturated heterocycles. The lowest BCUT2D eigenvalue weighted by Gasteiger charge is -2.34. The maximum Gasteiger partial charge on any atom is 0.219 e. The van der Waals surface area contributed by atoms with E-state index in [1.165, 1.54) is 94.3 Å². The van der Waals surface area contributed by atoms with Crippen LogP contribution >= 0.6 is 0 Å².